The van der Waals surface area contributed by atoms with Crippen molar-refractivity contribution in [1.29, 1.82) is 0 Å². The van der Waals surface area contributed by atoms with E-state index >= 15 is 0 Å². The van der Waals surface area contributed by atoms with Crippen LogP contribution in [0, 0.1) is 16.0 Å². The molecule has 92 valence electrons. The van der Waals surface area contributed by atoms with E-state index in [-0.39, 0.29) is 5.69 Å². The lowest BCUT2D eigenvalue weighted by atomic mass is 10.1. The van der Waals surface area contributed by atoms with E-state index in [2.05, 4.69) is 5.32 Å². The summed E-state index contributed by atoms with van der Waals surface area (Å²) in [5, 5.41) is 13.9. The molecule has 5 heteroatoms. The number of rotatable bonds is 4. The molecule has 0 aliphatic heterocycles. The minimum absolute atomic E-state index is 0.0407. The summed E-state index contributed by atoms with van der Waals surface area (Å²) >= 11 is 0. The molecule has 17 heavy (non-hydrogen) atoms. The van der Waals surface area contributed by atoms with Crippen LogP contribution in [0.25, 0.3) is 0 Å². The number of nitrogens with one attached hydrogen (secondary N) is 1. The van der Waals surface area contributed by atoms with Crippen molar-refractivity contribution in [2.45, 2.75) is 25.7 Å². The van der Waals surface area contributed by atoms with Crippen molar-refractivity contribution in [2.24, 2.45) is 5.92 Å². The molecular formula is C12H17N3O2. The van der Waals surface area contributed by atoms with Crippen molar-refractivity contribution in [3.05, 3.63) is 28.3 Å². The Morgan fingerprint density at radius 3 is 2.71 bits per heavy atom. The van der Waals surface area contributed by atoms with Crippen molar-refractivity contribution in [1.82, 2.24) is 0 Å². The van der Waals surface area contributed by atoms with Crippen LogP contribution in [0.1, 0.15) is 25.7 Å². The number of hydrogen-bond donors (Lipinski definition) is 2. The minimum atomic E-state index is -0.420. The summed E-state index contributed by atoms with van der Waals surface area (Å²) in [5.74, 6) is 0.690. The molecule has 0 radical (unpaired) electrons. The van der Waals surface area contributed by atoms with Gasteiger partial charge in [-0.15, -0.1) is 0 Å². The molecule has 0 atom stereocenters. The highest BCUT2D eigenvalue weighted by atomic mass is 16.6. The van der Waals surface area contributed by atoms with Crippen molar-refractivity contribution in [2.75, 3.05) is 17.6 Å². The van der Waals surface area contributed by atoms with Gasteiger partial charge >= 0.3 is 0 Å². The number of nitrogens with two attached hydrogens (primary N) is 1. The number of nitrogens with zero attached hydrogens (tertiary/aromatic N) is 1. The van der Waals surface area contributed by atoms with E-state index in [1.807, 2.05) is 0 Å². The highest BCUT2D eigenvalue weighted by Gasteiger charge is 2.15. The van der Waals surface area contributed by atoms with Gasteiger partial charge in [0.1, 0.15) is 0 Å². The number of hydrogen-bond acceptors (Lipinski definition) is 4. The number of benzene rings is 1. The van der Waals surface area contributed by atoms with Gasteiger partial charge in [0.25, 0.3) is 5.69 Å². The summed E-state index contributed by atoms with van der Waals surface area (Å²) in [4.78, 5) is 10.3. The molecule has 0 bridgehead atoms. The first-order valence-corrected chi connectivity index (χ1v) is 5.94. The zero-order valence-electron chi connectivity index (χ0n) is 9.69. The molecule has 0 saturated heterocycles. The maximum absolute atomic E-state index is 10.7. The van der Waals surface area contributed by atoms with Crippen LogP contribution in [0.3, 0.4) is 0 Å². The van der Waals surface area contributed by atoms with E-state index in [1.54, 1.807) is 6.07 Å². The Morgan fingerprint density at radius 1 is 1.35 bits per heavy atom. The van der Waals surface area contributed by atoms with Crippen molar-refractivity contribution in [3.8, 4) is 0 Å². The highest BCUT2D eigenvalue weighted by molar-refractivity contribution is 5.61. The number of nitro benzene ring substituents is 1. The fraction of sp³-hybridized carbons (Fsp3) is 0.500. The largest absolute Gasteiger partial charge is 0.398 e. The molecule has 0 spiro atoms. The second-order valence-corrected chi connectivity index (χ2v) is 4.60. The Morgan fingerprint density at radius 2 is 2.06 bits per heavy atom. The zero-order chi connectivity index (χ0) is 12.3. The second kappa shape index (κ2) is 5.03. The average Bonchev–Trinajstić information content (AvgIpc) is 2.78. The van der Waals surface area contributed by atoms with Gasteiger partial charge in [-0.1, -0.05) is 12.8 Å². The summed E-state index contributed by atoms with van der Waals surface area (Å²) < 4.78 is 0. The zero-order valence-corrected chi connectivity index (χ0v) is 9.69. The van der Waals surface area contributed by atoms with E-state index in [4.69, 9.17) is 5.73 Å². The molecule has 1 aliphatic carbocycles. The Labute approximate surface area is 100 Å². The van der Waals surface area contributed by atoms with Gasteiger partial charge in [-0.2, -0.15) is 0 Å². The van der Waals surface area contributed by atoms with Crippen LogP contribution in [-0.2, 0) is 0 Å². The maximum Gasteiger partial charge on any atom is 0.273 e. The molecule has 0 aromatic heterocycles. The molecule has 1 aromatic rings. The average molecular weight is 235 g/mol. The predicted molar refractivity (Wildman–Crippen MR) is 68.0 cm³/mol. The number of nitrogen functional groups attached to an aromatic ring is 1. The molecule has 1 aromatic carbocycles. The van der Waals surface area contributed by atoms with E-state index in [0.717, 1.165) is 12.2 Å². The topological polar surface area (TPSA) is 81.2 Å². The van der Waals surface area contributed by atoms with E-state index < -0.39 is 4.92 Å². The Hall–Kier alpha value is -1.78. The third-order valence-electron chi connectivity index (χ3n) is 3.22. The summed E-state index contributed by atoms with van der Waals surface area (Å²) in [6, 6.07) is 4.65. The second-order valence-electron chi connectivity index (χ2n) is 4.60. The van der Waals surface area contributed by atoms with Crippen LogP contribution >= 0.6 is 0 Å². The van der Waals surface area contributed by atoms with Crippen LogP contribution < -0.4 is 11.1 Å². The standard InChI is InChI=1S/C12H17N3O2/c13-10-5-11(7-12(6-10)15(16)17)14-8-9-3-1-2-4-9/h5-7,9,14H,1-4,8,13H2. The van der Waals surface area contributed by atoms with Gasteiger partial charge in [-0.3, -0.25) is 10.1 Å². The lowest BCUT2D eigenvalue weighted by Crippen LogP contribution is -2.11. The van der Waals surface area contributed by atoms with Crippen molar-refractivity contribution < 1.29 is 4.92 Å². The highest BCUT2D eigenvalue weighted by Crippen LogP contribution is 2.26. The molecule has 1 fully saturated rings. The number of anilines is 2. The Balaban J connectivity index is 2.01. The van der Waals surface area contributed by atoms with Crippen molar-refractivity contribution >= 4 is 17.1 Å². The van der Waals surface area contributed by atoms with Crippen molar-refractivity contribution in [3.63, 3.8) is 0 Å². The molecule has 3 N–H and O–H groups in total. The van der Waals surface area contributed by atoms with Gasteiger partial charge in [0.15, 0.2) is 0 Å². The Kier molecular flexibility index (Phi) is 3.46. The summed E-state index contributed by atoms with van der Waals surface area (Å²) in [6.45, 7) is 0.876. The van der Waals surface area contributed by atoms with E-state index in [1.165, 1.54) is 37.8 Å². The number of nitro groups is 1. The SMILES string of the molecule is Nc1cc(NCC2CCCC2)cc([N+](=O)[O-])c1. The van der Waals surface area contributed by atoms with Gasteiger partial charge in [-0.25, -0.2) is 0 Å². The van der Waals surface area contributed by atoms with Crippen LogP contribution in [0.5, 0.6) is 0 Å². The fourth-order valence-corrected chi connectivity index (χ4v) is 2.32. The van der Waals surface area contributed by atoms with Crippen LogP contribution in [0.4, 0.5) is 17.1 Å². The fourth-order valence-electron chi connectivity index (χ4n) is 2.32. The monoisotopic (exact) mass is 235 g/mol. The predicted octanol–water partition coefficient (Wildman–Crippen LogP) is 2.78. The number of non-ortho nitro benzene ring substituents is 1. The molecular weight excluding hydrogens is 218 g/mol. The first kappa shape index (κ1) is 11.7. The maximum atomic E-state index is 10.7. The lowest BCUT2D eigenvalue weighted by molar-refractivity contribution is -0.384. The van der Waals surface area contributed by atoms with Crippen LogP contribution in [0.2, 0.25) is 0 Å². The van der Waals surface area contributed by atoms with Gasteiger partial charge in [0, 0.05) is 30.1 Å². The lowest BCUT2D eigenvalue weighted by Gasteiger charge is -2.12. The third kappa shape index (κ3) is 3.09. The molecule has 0 unspecified atom stereocenters. The molecule has 2 rings (SSSR count). The Bertz CT molecular complexity index is 414. The molecule has 1 saturated carbocycles. The smallest absolute Gasteiger partial charge is 0.273 e. The van der Waals surface area contributed by atoms with Gasteiger partial charge in [-0.05, 0) is 24.8 Å². The van der Waals surface area contributed by atoms with E-state index in [0.29, 0.717) is 11.6 Å². The third-order valence-corrected chi connectivity index (χ3v) is 3.22. The molecule has 0 heterocycles. The van der Waals surface area contributed by atoms with Gasteiger partial charge in [0.05, 0.1) is 4.92 Å². The van der Waals surface area contributed by atoms with Crippen LogP contribution in [0.15, 0.2) is 18.2 Å². The van der Waals surface area contributed by atoms with E-state index in [9.17, 15) is 10.1 Å². The molecule has 5 nitrogen and oxygen atoms in total. The first-order valence-electron chi connectivity index (χ1n) is 5.94. The van der Waals surface area contributed by atoms with Gasteiger partial charge < -0.3 is 11.1 Å². The normalized spacial score (nSPS) is 16.0. The van der Waals surface area contributed by atoms with Gasteiger partial charge in [0.2, 0.25) is 0 Å². The van der Waals surface area contributed by atoms with Crippen LogP contribution in [-0.4, -0.2) is 11.5 Å². The summed E-state index contributed by atoms with van der Waals surface area (Å²) in [6.07, 6.45) is 5.08. The first-order chi connectivity index (χ1) is 8.15. The molecule has 0 amide bonds. The molecule has 1 aliphatic rings. The quantitative estimate of drug-likeness (QED) is 0.477. The summed E-state index contributed by atoms with van der Waals surface area (Å²) in [5.41, 5.74) is 6.84. The minimum Gasteiger partial charge on any atom is -0.398 e. The summed E-state index contributed by atoms with van der Waals surface area (Å²) in [7, 11) is 0.